The maximum Gasteiger partial charge on any atom is 0.131 e. The molecule has 2 aromatic heterocycles. The molecule has 126 valence electrons. The lowest BCUT2D eigenvalue weighted by atomic mass is 10.0. The number of rotatable bonds is 5. The Balaban J connectivity index is 1.64. The molecule has 2 atom stereocenters. The van der Waals surface area contributed by atoms with E-state index < -0.39 is 0 Å². The van der Waals surface area contributed by atoms with Crippen LogP contribution in [0.2, 0.25) is 5.15 Å². The Morgan fingerprint density at radius 3 is 2.96 bits per heavy atom. The van der Waals surface area contributed by atoms with Crippen molar-refractivity contribution in [2.75, 3.05) is 6.61 Å². The van der Waals surface area contributed by atoms with Crippen molar-refractivity contribution < 1.29 is 4.74 Å². The van der Waals surface area contributed by atoms with Crippen LogP contribution >= 0.6 is 11.6 Å². The van der Waals surface area contributed by atoms with E-state index in [-0.39, 0.29) is 6.10 Å². The van der Waals surface area contributed by atoms with Crippen LogP contribution in [-0.4, -0.2) is 32.0 Å². The molecule has 0 aromatic carbocycles. The Bertz CT molecular complexity index is 665. The number of halogens is 1. The van der Waals surface area contributed by atoms with Crippen LogP contribution in [0.5, 0.6) is 0 Å². The first-order valence-corrected chi connectivity index (χ1v) is 8.49. The van der Waals surface area contributed by atoms with Gasteiger partial charge in [0, 0.05) is 38.9 Å². The fourth-order valence-corrected chi connectivity index (χ4v) is 3.38. The number of hydrogen-bond donors (Lipinski definition) is 1. The van der Waals surface area contributed by atoms with Crippen LogP contribution in [0.1, 0.15) is 42.8 Å². The molecule has 0 radical (unpaired) electrons. The zero-order valence-corrected chi connectivity index (χ0v) is 14.7. The van der Waals surface area contributed by atoms with Gasteiger partial charge in [-0.25, -0.2) is 4.98 Å². The zero-order chi connectivity index (χ0) is 16.4. The van der Waals surface area contributed by atoms with Crippen LogP contribution in [0.3, 0.4) is 0 Å². The standard InChI is InChI=1S/C16H24ClN5O/c1-4-13-12(16(17)22(3)20-13)8-19-11-5-6-23-15(7-11)14-9-18-10-21(14)2/h9-11,15,19H,4-8H2,1-3H3/t11-,15-/m0/s1. The number of imidazole rings is 1. The second kappa shape index (κ2) is 7.03. The number of nitrogens with zero attached hydrogens (tertiary/aromatic N) is 4. The van der Waals surface area contributed by atoms with Crippen molar-refractivity contribution in [2.24, 2.45) is 14.1 Å². The molecule has 1 fully saturated rings. The van der Waals surface area contributed by atoms with E-state index in [4.69, 9.17) is 16.3 Å². The van der Waals surface area contributed by atoms with Crippen LogP contribution in [0.15, 0.2) is 12.5 Å². The van der Waals surface area contributed by atoms with Gasteiger partial charge in [-0.3, -0.25) is 4.68 Å². The SMILES string of the molecule is CCc1nn(C)c(Cl)c1CN[C@H]1CCO[C@H](c2cncn2C)C1. The summed E-state index contributed by atoms with van der Waals surface area (Å²) in [6.45, 7) is 3.61. The highest BCUT2D eigenvalue weighted by Gasteiger charge is 2.26. The molecule has 2 aromatic rings. The van der Waals surface area contributed by atoms with Crippen molar-refractivity contribution in [3.8, 4) is 0 Å². The van der Waals surface area contributed by atoms with Gasteiger partial charge >= 0.3 is 0 Å². The number of hydrogen-bond acceptors (Lipinski definition) is 4. The maximum atomic E-state index is 6.37. The van der Waals surface area contributed by atoms with Crippen LogP contribution in [0.25, 0.3) is 0 Å². The summed E-state index contributed by atoms with van der Waals surface area (Å²) in [7, 11) is 3.89. The topological polar surface area (TPSA) is 56.9 Å². The molecule has 0 spiro atoms. The predicted octanol–water partition coefficient (Wildman–Crippen LogP) is 2.38. The van der Waals surface area contributed by atoms with Crippen LogP contribution in [-0.2, 0) is 31.8 Å². The Kier molecular flexibility index (Phi) is 5.04. The third-order valence-electron chi connectivity index (χ3n) is 4.52. The fourth-order valence-electron chi connectivity index (χ4n) is 3.17. The van der Waals surface area contributed by atoms with E-state index in [0.29, 0.717) is 6.04 Å². The third-order valence-corrected chi connectivity index (χ3v) is 5.00. The number of aryl methyl sites for hydroxylation is 3. The van der Waals surface area contributed by atoms with E-state index >= 15 is 0 Å². The lowest BCUT2D eigenvalue weighted by Crippen LogP contribution is -2.36. The van der Waals surface area contributed by atoms with Crippen molar-refractivity contribution in [3.63, 3.8) is 0 Å². The summed E-state index contributed by atoms with van der Waals surface area (Å²) in [5, 5.41) is 8.83. The maximum absolute atomic E-state index is 6.37. The summed E-state index contributed by atoms with van der Waals surface area (Å²) < 4.78 is 9.69. The molecule has 0 aliphatic carbocycles. The summed E-state index contributed by atoms with van der Waals surface area (Å²) in [4.78, 5) is 4.19. The molecule has 3 rings (SSSR count). The van der Waals surface area contributed by atoms with Gasteiger partial charge in [0.2, 0.25) is 0 Å². The summed E-state index contributed by atoms with van der Waals surface area (Å²) in [6, 6.07) is 0.407. The van der Waals surface area contributed by atoms with Gasteiger partial charge in [-0.2, -0.15) is 5.10 Å². The van der Waals surface area contributed by atoms with Crippen LogP contribution in [0, 0.1) is 0 Å². The molecule has 7 heteroatoms. The molecule has 1 saturated heterocycles. The largest absolute Gasteiger partial charge is 0.372 e. The molecule has 0 unspecified atom stereocenters. The van der Waals surface area contributed by atoms with E-state index in [1.165, 1.54) is 0 Å². The Hall–Kier alpha value is -1.37. The summed E-state index contributed by atoms with van der Waals surface area (Å²) in [5.74, 6) is 0. The quantitative estimate of drug-likeness (QED) is 0.910. The normalized spacial score (nSPS) is 21.7. The first-order chi connectivity index (χ1) is 11.1. The van der Waals surface area contributed by atoms with Gasteiger partial charge < -0.3 is 14.6 Å². The lowest BCUT2D eigenvalue weighted by molar-refractivity contribution is -0.00404. The Morgan fingerprint density at radius 2 is 2.26 bits per heavy atom. The number of aromatic nitrogens is 4. The number of nitrogens with one attached hydrogen (secondary N) is 1. The Labute approximate surface area is 141 Å². The second-order valence-corrected chi connectivity index (χ2v) is 6.44. The molecule has 3 heterocycles. The van der Waals surface area contributed by atoms with Gasteiger partial charge in [0.1, 0.15) is 11.3 Å². The zero-order valence-electron chi connectivity index (χ0n) is 13.9. The fraction of sp³-hybridized carbons (Fsp3) is 0.625. The summed E-state index contributed by atoms with van der Waals surface area (Å²) in [5.41, 5.74) is 3.31. The minimum Gasteiger partial charge on any atom is -0.372 e. The van der Waals surface area contributed by atoms with E-state index in [1.54, 1.807) is 4.68 Å². The van der Waals surface area contributed by atoms with Crippen LogP contribution < -0.4 is 5.32 Å². The van der Waals surface area contributed by atoms with Crippen molar-refractivity contribution >= 4 is 11.6 Å². The van der Waals surface area contributed by atoms with E-state index in [9.17, 15) is 0 Å². The second-order valence-electron chi connectivity index (χ2n) is 6.08. The first kappa shape index (κ1) is 16.5. The van der Waals surface area contributed by atoms with Gasteiger partial charge in [-0.1, -0.05) is 18.5 Å². The van der Waals surface area contributed by atoms with E-state index in [1.807, 2.05) is 31.2 Å². The first-order valence-electron chi connectivity index (χ1n) is 8.11. The van der Waals surface area contributed by atoms with Gasteiger partial charge in [-0.05, 0) is 19.3 Å². The smallest absolute Gasteiger partial charge is 0.131 e. The third kappa shape index (κ3) is 3.44. The van der Waals surface area contributed by atoms with Crippen molar-refractivity contribution in [1.29, 1.82) is 0 Å². The molecule has 0 saturated carbocycles. The van der Waals surface area contributed by atoms with Crippen molar-refractivity contribution in [3.05, 3.63) is 34.6 Å². The van der Waals surface area contributed by atoms with E-state index in [2.05, 4.69) is 22.3 Å². The van der Waals surface area contributed by atoms with Gasteiger partial charge in [-0.15, -0.1) is 0 Å². The highest BCUT2D eigenvalue weighted by Crippen LogP contribution is 2.28. The minimum absolute atomic E-state index is 0.101. The van der Waals surface area contributed by atoms with Gasteiger partial charge in [0.15, 0.2) is 0 Å². The van der Waals surface area contributed by atoms with Crippen molar-refractivity contribution in [2.45, 2.75) is 44.9 Å². The molecule has 0 bridgehead atoms. The van der Waals surface area contributed by atoms with E-state index in [0.717, 1.165) is 54.5 Å². The molecule has 1 aliphatic rings. The summed E-state index contributed by atoms with van der Waals surface area (Å²) in [6.07, 6.45) is 6.65. The summed E-state index contributed by atoms with van der Waals surface area (Å²) >= 11 is 6.37. The highest BCUT2D eigenvalue weighted by molar-refractivity contribution is 6.30. The van der Waals surface area contributed by atoms with Gasteiger partial charge in [0.05, 0.1) is 23.9 Å². The predicted molar refractivity (Wildman–Crippen MR) is 89.4 cm³/mol. The molecule has 6 nitrogen and oxygen atoms in total. The Morgan fingerprint density at radius 1 is 1.43 bits per heavy atom. The highest BCUT2D eigenvalue weighted by atomic mass is 35.5. The molecule has 1 aliphatic heterocycles. The molecule has 0 amide bonds. The molecule has 1 N–H and O–H groups in total. The average Bonchev–Trinajstić information content (AvgIpc) is 3.10. The van der Waals surface area contributed by atoms with Crippen molar-refractivity contribution in [1.82, 2.24) is 24.6 Å². The van der Waals surface area contributed by atoms with Gasteiger partial charge in [0.25, 0.3) is 0 Å². The monoisotopic (exact) mass is 337 g/mol. The minimum atomic E-state index is 0.101. The average molecular weight is 338 g/mol. The van der Waals surface area contributed by atoms with Crippen LogP contribution in [0.4, 0.5) is 0 Å². The molecule has 23 heavy (non-hydrogen) atoms. The molecular weight excluding hydrogens is 314 g/mol. The lowest BCUT2D eigenvalue weighted by Gasteiger charge is -2.30. The number of ether oxygens (including phenoxy) is 1. The molecular formula is C16H24ClN5O.